The molecule has 0 spiro atoms. The zero-order chi connectivity index (χ0) is 38.6. The normalized spacial score (nSPS) is 19.4. The topological polar surface area (TPSA) is 181 Å². The summed E-state index contributed by atoms with van der Waals surface area (Å²) in [6.07, 6.45) is 0.766. The van der Waals surface area contributed by atoms with E-state index in [9.17, 15) is 29.1 Å². The average Bonchev–Trinajstić information content (AvgIpc) is 3.59. The number of likely N-dealkylation sites (N-methyl/N-ethyl adjacent to an activating group) is 1. The van der Waals surface area contributed by atoms with E-state index in [-0.39, 0.29) is 42.4 Å². The molecule has 0 aliphatic carbocycles. The molecule has 13 nitrogen and oxygen atoms in total. The van der Waals surface area contributed by atoms with Crippen LogP contribution in [0.15, 0.2) is 30.3 Å². The third-order valence-corrected chi connectivity index (χ3v) is 10.4. The van der Waals surface area contributed by atoms with Crippen molar-refractivity contribution < 1.29 is 38.6 Å². The first-order valence-corrected chi connectivity index (χ1v) is 18.2. The average molecular weight is 718 g/mol. The van der Waals surface area contributed by atoms with Gasteiger partial charge < -0.3 is 40.7 Å². The number of hydrogen-bond acceptors (Lipinski definition) is 8. The van der Waals surface area contributed by atoms with Gasteiger partial charge in [-0.1, -0.05) is 85.2 Å². The first kappa shape index (κ1) is 43.6. The van der Waals surface area contributed by atoms with Gasteiger partial charge in [-0.15, -0.1) is 0 Å². The van der Waals surface area contributed by atoms with Gasteiger partial charge in [0.1, 0.15) is 12.1 Å². The summed E-state index contributed by atoms with van der Waals surface area (Å²) in [5, 5.41) is 15.4. The summed E-state index contributed by atoms with van der Waals surface area (Å²) >= 11 is 0. The summed E-state index contributed by atoms with van der Waals surface area (Å²) in [6.45, 7) is 13.6. The van der Waals surface area contributed by atoms with Crippen molar-refractivity contribution in [1.29, 1.82) is 0 Å². The van der Waals surface area contributed by atoms with Crippen molar-refractivity contribution >= 4 is 29.6 Å². The Hall–Kier alpha value is -3.55. The van der Waals surface area contributed by atoms with Crippen molar-refractivity contribution in [2.45, 2.75) is 123 Å². The Labute approximate surface area is 304 Å². The van der Waals surface area contributed by atoms with Crippen molar-refractivity contribution in [3.8, 4) is 0 Å². The highest BCUT2D eigenvalue weighted by Crippen LogP contribution is 2.29. The fourth-order valence-corrected chi connectivity index (χ4v) is 6.94. The van der Waals surface area contributed by atoms with E-state index in [4.69, 9.17) is 15.2 Å². The maximum atomic E-state index is 14.1. The van der Waals surface area contributed by atoms with Gasteiger partial charge in [0.15, 0.2) is 0 Å². The summed E-state index contributed by atoms with van der Waals surface area (Å²) in [5.41, 5.74) is 6.87. The Morgan fingerprint density at radius 2 is 1.59 bits per heavy atom. The number of hydrogen-bond donors (Lipinski definition) is 4. The number of amides is 4. The quantitative estimate of drug-likeness (QED) is 0.158. The van der Waals surface area contributed by atoms with Crippen molar-refractivity contribution in [1.82, 2.24) is 20.4 Å². The van der Waals surface area contributed by atoms with Crippen LogP contribution in [0.3, 0.4) is 0 Å². The first-order valence-electron chi connectivity index (χ1n) is 18.2. The molecule has 0 radical (unpaired) electrons. The molecular weight excluding hydrogens is 654 g/mol. The van der Waals surface area contributed by atoms with Crippen LogP contribution in [0.2, 0.25) is 0 Å². The molecule has 5 N–H and O–H groups in total. The molecule has 1 heterocycles. The van der Waals surface area contributed by atoms with E-state index in [1.54, 1.807) is 23.8 Å². The van der Waals surface area contributed by atoms with Gasteiger partial charge in [-0.2, -0.15) is 0 Å². The van der Waals surface area contributed by atoms with Gasteiger partial charge in [0.2, 0.25) is 23.6 Å². The lowest BCUT2D eigenvalue weighted by atomic mass is 9.89. The van der Waals surface area contributed by atoms with Gasteiger partial charge in [0.05, 0.1) is 42.7 Å². The van der Waals surface area contributed by atoms with Gasteiger partial charge in [-0.05, 0) is 36.2 Å². The molecule has 1 aliphatic rings. The summed E-state index contributed by atoms with van der Waals surface area (Å²) in [4.78, 5) is 69.8. The van der Waals surface area contributed by atoms with Crippen LogP contribution in [0.1, 0.15) is 79.7 Å². The maximum Gasteiger partial charge on any atom is 0.326 e. The second kappa shape index (κ2) is 20.5. The molecular formula is C38H63N5O8. The van der Waals surface area contributed by atoms with Gasteiger partial charge in [-0.25, -0.2) is 4.79 Å². The van der Waals surface area contributed by atoms with E-state index in [0.29, 0.717) is 25.8 Å². The van der Waals surface area contributed by atoms with Gasteiger partial charge in [0.25, 0.3) is 0 Å². The van der Waals surface area contributed by atoms with Crippen LogP contribution in [-0.4, -0.2) is 115 Å². The van der Waals surface area contributed by atoms with E-state index in [1.807, 2.05) is 71.9 Å². The number of nitrogens with zero attached hydrogens (tertiary/aromatic N) is 2. The summed E-state index contributed by atoms with van der Waals surface area (Å²) in [5.74, 6) is -3.63. The van der Waals surface area contributed by atoms with Crippen molar-refractivity contribution in [2.75, 3.05) is 27.8 Å². The zero-order valence-corrected chi connectivity index (χ0v) is 32.3. The molecule has 1 aliphatic heterocycles. The number of nitrogens with one attached hydrogen (secondary N) is 2. The second-order valence-electron chi connectivity index (χ2n) is 14.7. The molecule has 288 valence electrons. The number of ether oxygens (including phenoxy) is 2. The molecule has 0 aromatic heterocycles. The van der Waals surface area contributed by atoms with E-state index >= 15 is 0 Å². The largest absolute Gasteiger partial charge is 0.480 e. The van der Waals surface area contributed by atoms with Crippen molar-refractivity contribution in [3.63, 3.8) is 0 Å². The van der Waals surface area contributed by atoms with Crippen molar-refractivity contribution in [2.24, 2.45) is 29.4 Å². The molecule has 0 saturated carbocycles. The lowest BCUT2D eigenvalue weighted by Gasteiger charge is -2.41. The second-order valence-corrected chi connectivity index (χ2v) is 14.7. The van der Waals surface area contributed by atoms with Gasteiger partial charge >= 0.3 is 5.97 Å². The van der Waals surface area contributed by atoms with Crippen LogP contribution in [0.5, 0.6) is 0 Å². The van der Waals surface area contributed by atoms with E-state index in [0.717, 1.165) is 5.56 Å². The number of carbonyl (C=O) groups excluding carboxylic acids is 4. The van der Waals surface area contributed by atoms with Crippen LogP contribution in [0.25, 0.3) is 0 Å². The molecule has 1 saturated heterocycles. The molecule has 4 amide bonds. The Kier molecular flexibility index (Phi) is 17.5. The Balaban J connectivity index is 2.25. The minimum absolute atomic E-state index is 0.0221. The van der Waals surface area contributed by atoms with Gasteiger partial charge in [0, 0.05) is 34.2 Å². The van der Waals surface area contributed by atoms with Crippen LogP contribution in [0, 0.1) is 23.7 Å². The zero-order valence-electron chi connectivity index (χ0n) is 32.3. The third kappa shape index (κ3) is 11.7. The summed E-state index contributed by atoms with van der Waals surface area (Å²) in [6, 6.07) is 5.45. The fraction of sp³-hybridized carbons (Fsp3) is 0.711. The smallest absolute Gasteiger partial charge is 0.326 e. The minimum Gasteiger partial charge on any atom is -0.480 e. The molecule has 1 aromatic carbocycles. The van der Waals surface area contributed by atoms with E-state index < -0.39 is 66.1 Å². The summed E-state index contributed by atoms with van der Waals surface area (Å²) < 4.78 is 11.8. The van der Waals surface area contributed by atoms with Gasteiger partial charge in [-0.3, -0.25) is 19.2 Å². The molecule has 2 rings (SSSR count). The molecule has 0 unspecified atom stereocenters. The molecule has 9 atom stereocenters. The molecule has 1 fully saturated rings. The lowest BCUT2D eigenvalue weighted by Crippen LogP contribution is -2.59. The number of likely N-dealkylation sites (tertiary alicyclic amines) is 1. The van der Waals surface area contributed by atoms with Crippen LogP contribution in [0.4, 0.5) is 0 Å². The lowest BCUT2D eigenvalue weighted by molar-refractivity contribution is -0.148. The monoisotopic (exact) mass is 717 g/mol. The van der Waals surface area contributed by atoms with Crippen molar-refractivity contribution in [3.05, 3.63) is 35.9 Å². The first-order chi connectivity index (χ1) is 24.0. The SMILES string of the molecule is CC[C@H](C)[C@@H]([C@@H](CC(=O)N1CCC[C@H]1[C@H](OC)[C@@H](C)C(=O)N[C@@H](Cc1ccccc1)C(=O)O)OC)N(C)C(=O)[C@@H](NC(=O)[C@@H](N)C(C)C)C(C)C. The predicted molar refractivity (Wildman–Crippen MR) is 195 cm³/mol. The Morgan fingerprint density at radius 3 is 2.10 bits per heavy atom. The highest BCUT2D eigenvalue weighted by molar-refractivity contribution is 5.90. The number of rotatable bonds is 20. The molecule has 0 bridgehead atoms. The number of carboxylic acid groups (broad SMARTS) is 1. The predicted octanol–water partition coefficient (Wildman–Crippen LogP) is 2.84. The Morgan fingerprint density at radius 1 is 0.961 bits per heavy atom. The number of aliphatic carboxylic acids is 1. The van der Waals surface area contributed by atoms with Crippen LogP contribution < -0.4 is 16.4 Å². The van der Waals surface area contributed by atoms with E-state index in [2.05, 4.69) is 10.6 Å². The molecule has 13 heteroatoms. The minimum atomic E-state index is -1.14. The number of carboxylic acids is 1. The highest BCUT2D eigenvalue weighted by Gasteiger charge is 2.43. The third-order valence-electron chi connectivity index (χ3n) is 10.4. The maximum absolute atomic E-state index is 14.1. The summed E-state index contributed by atoms with van der Waals surface area (Å²) in [7, 11) is 4.69. The van der Waals surface area contributed by atoms with Crippen LogP contribution >= 0.6 is 0 Å². The number of methoxy groups -OCH3 is 2. The Bertz CT molecular complexity index is 1290. The highest BCUT2D eigenvalue weighted by atomic mass is 16.5. The molecule has 1 aromatic rings. The fourth-order valence-electron chi connectivity index (χ4n) is 6.94. The number of benzene rings is 1. The van der Waals surface area contributed by atoms with E-state index in [1.165, 1.54) is 14.2 Å². The van der Waals surface area contributed by atoms with Crippen LogP contribution in [-0.2, 0) is 39.9 Å². The standard InChI is InChI=1S/C38H63N5O8/c1-11-24(6)33(42(8)37(47)32(23(4)5)41-36(46)31(39)22(2)3)29(50-9)21-30(44)43-19-15-18-28(43)34(51-10)25(7)35(45)40-27(38(48)49)20-26-16-13-12-14-17-26/h12-14,16-17,22-25,27-29,31-34H,11,15,18-21,39H2,1-10H3,(H,40,45)(H,41,46)(H,48,49)/t24-,25+,27-,28-,29+,31-,32-,33-,34+/m0/s1. The molecule has 51 heavy (non-hydrogen) atoms. The number of nitrogens with two attached hydrogens (primary N) is 1. The number of carbonyl (C=O) groups is 5.